The van der Waals surface area contributed by atoms with Gasteiger partial charge in [-0.3, -0.25) is 0 Å². The summed E-state index contributed by atoms with van der Waals surface area (Å²) in [5.41, 5.74) is 3.61. The Hall–Kier alpha value is -2.40. The Morgan fingerprint density at radius 2 is 2.10 bits per heavy atom. The summed E-state index contributed by atoms with van der Waals surface area (Å²) in [6.07, 6.45) is 1.75. The number of nitrogens with one attached hydrogen (secondary N) is 1. The van der Waals surface area contributed by atoms with Gasteiger partial charge in [-0.25, -0.2) is 9.99 Å². The number of ether oxygens (including phenoxy) is 1. The van der Waals surface area contributed by atoms with Crippen molar-refractivity contribution in [1.82, 2.24) is 15.0 Å². The molecule has 0 fully saturated rings. The lowest BCUT2D eigenvalue weighted by Gasteiger charge is -2.23. The zero-order valence-electron chi connectivity index (χ0n) is 11.3. The smallest absolute Gasteiger partial charge is 0.140 e. The van der Waals surface area contributed by atoms with Crippen LogP contribution in [0, 0.1) is 6.92 Å². The quantitative estimate of drug-likeness (QED) is 0.927. The number of fused-ring (bicyclic) bond motifs is 1. The molecule has 0 spiro atoms. The highest BCUT2D eigenvalue weighted by atomic mass is 16.5. The van der Waals surface area contributed by atoms with Gasteiger partial charge >= 0.3 is 0 Å². The van der Waals surface area contributed by atoms with Gasteiger partial charge in [0, 0.05) is 0 Å². The number of H-pyrrole nitrogens is 1. The van der Waals surface area contributed by atoms with Gasteiger partial charge in [-0.05, 0) is 12.5 Å². The normalized spacial score (nSPS) is 13.7. The molecule has 0 saturated heterocycles. The Balaban J connectivity index is 1.61. The van der Waals surface area contributed by atoms with E-state index in [1.165, 1.54) is 0 Å². The number of hydrogen-bond donors (Lipinski definition) is 1. The van der Waals surface area contributed by atoms with Crippen LogP contribution in [0.5, 0.6) is 0 Å². The maximum absolute atomic E-state index is 5.66. The van der Waals surface area contributed by atoms with Crippen molar-refractivity contribution in [2.75, 3.05) is 6.73 Å². The molecule has 2 heterocycles. The molecule has 0 amide bonds. The van der Waals surface area contributed by atoms with Crippen LogP contribution in [0.15, 0.2) is 42.0 Å². The molecule has 0 saturated carbocycles. The fourth-order valence-electron chi connectivity index (χ4n) is 2.08. The van der Waals surface area contributed by atoms with Gasteiger partial charge in [0.2, 0.25) is 0 Å². The highest BCUT2D eigenvalue weighted by Gasteiger charge is 2.19. The van der Waals surface area contributed by atoms with E-state index in [2.05, 4.69) is 21.6 Å². The highest BCUT2D eigenvalue weighted by Crippen LogP contribution is 2.22. The molecule has 1 N–H and O–H groups in total. The summed E-state index contributed by atoms with van der Waals surface area (Å²) < 4.78 is 5.66. The molecule has 1 aromatic carbocycles. The first-order valence-electron chi connectivity index (χ1n) is 6.43. The van der Waals surface area contributed by atoms with E-state index in [1.54, 1.807) is 11.2 Å². The SMILES string of the molecule is C=C1c2nc(C)[nH]c2C=NN1COCc1ccccc1. The predicted octanol–water partition coefficient (Wildman–Crippen LogP) is 2.51. The second-order valence-electron chi connectivity index (χ2n) is 4.64. The molecule has 1 aliphatic rings. The third-order valence-corrected chi connectivity index (χ3v) is 3.09. The molecule has 0 radical (unpaired) electrons. The van der Waals surface area contributed by atoms with E-state index in [-0.39, 0.29) is 0 Å². The van der Waals surface area contributed by atoms with Gasteiger partial charge in [-0.15, -0.1) is 0 Å². The summed E-state index contributed by atoms with van der Waals surface area (Å²) in [5, 5.41) is 6.02. The Kier molecular flexibility index (Phi) is 3.35. The minimum Gasteiger partial charge on any atom is -0.355 e. The summed E-state index contributed by atoms with van der Waals surface area (Å²) in [6, 6.07) is 10.0. The van der Waals surface area contributed by atoms with Crippen molar-refractivity contribution < 1.29 is 4.74 Å². The van der Waals surface area contributed by atoms with Crippen molar-refractivity contribution in [3.8, 4) is 0 Å². The molecule has 0 atom stereocenters. The maximum atomic E-state index is 5.66. The Bertz CT molecular complexity index is 645. The zero-order chi connectivity index (χ0) is 13.9. The zero-order valence-corrected chi connectivity index (χ0v) is 11.3. The first-order valence-corrected chi connectivity index (χ1v) is 6.43. The number of benzene rings is 1. The molecule has 5 nitrogen and oxygen atoms in total. The van der Waals surface area contributed by atoms with Gasteiger partial charge in [-0.1, -0.05) is 36.9 Å². The molecule has 5 heteroatoms. The fourth-order valence-corrected chi connectivity index (χ4v) is 2.08. The van der Waals surface area contributed by atoms with E-state index >= 15 is 0 Å². The van der Waals surface area contributed by atoms with Gasteiger partial charge in [-0.2, -0.15) is 5.10 Å². The molecule has 1 aliphatic heterocycles. The minimum absolute atomic E-state index is 0.357. The van der Waals surface area contributed by atoms with Crippen LogP contribution in [0.4, 0.5) is 0 Å². The molecular weight excluding hydrogens is 252 g/mol. The van der Waals surface area contributed by atoms with Crippen molar-refractivity contribution >= 4 is 11.9 Å². The van der Waals surface area contributed by atoms with Crippen molar-refractivity contribution in [2.24, 2.45) is 5.10 Å². The second-order valence-corrected chi connectivity index (χ2v) is 4.64. The van der Waals surface area contributed by atoms with Crippen LogP contribution in [0.1, 0.15) is 22.8 Å². The Morgan fingerprint density at radius 1 is 1.30 bits per heavy atom. The molecule has 3 rings (SSSR count). The van der Waals surface area contributed by atoms with Crippen LogP contribution >= 0.6 is 0 Å². The number of nitrogens with zero attached hydrogens (tertiary/aromatic N) is 3. The number of rotatable bonds is 4. The molecule has 2 aromatic rings. The lowest BCUT2D eigenvalue weighted by Crippen LogP contribution is -2.23. The van der Waals surface area contributed by atoms with Crippen molar-refractivity contribution in [3.05, 3.63) is 59.7 Å². The van der Waals surface area contributed by atoms with Gasteiger partial charge in [0.1, 0.15) is 18.2 Å². The van der Waals surface area contributed by atoms with Crippen molar-refractivity contribution in [3.63, 3.8) is 0 Å². The van der Waals surface area contributed by atoms with E-state index in [1.807, 2.05) is 37.3 Å². The van der Waals surface area contributed by atoms with E-state index in [0.29, 0.717) is 13.3 Å². The maximum Gasteiger partial charge on any atom is 0.140 e. The summed E-state index contributed by atoms with van der Waals surface area (Å²) in [6.45, 7) is 6.84. The largest absolute Gasteiger partial charge is 0.355 e. The lowest BCUT2D eigenvalue weighted by atomic mass is 10.2. The number of aryl methyl sites for hydroxylation is 1. The van der Waals surface area contributed by atoms with Crippen molar-refractivity contribution in [1.29, 1.82) is 0 Å². The van der Waals surface area contributed by atoms with Crippen LogP contribution in [0.2, 0.25) is 0 Å². The van der Waals surface area contributed by atoms with Crippen LogP contribution in [-0.4, -0.2) is 27.9 Å². The van der Waals surface area contributed by atoms with E-state index in [0.717, 1.165) is 28.5 Å². The molecular formula is C15H16N4O. The molecule has 0 aliphatic carbocycles. The third-order valence-electron chi connectivity index (χ3n) is 3.09. The number of aromatic nitrogens is 2. The van der Waals surface area contributed by atoms with Gasteiger partial charge < -0.3 is 9.72 Å². The average molecular weight is 268 g/mol. The Labute approximate surface area is 117 Å². The first-order chi connectivity index (χ1) is 9.74. The standard InChI is InChI=1S/C15H16N4O/c1-11-15-14(17-12(2)18-15)8-16-19(11)10-20-9-13-6-4-3-5-7-13/h3-8H,1,9-10H2,2H3,(H,17,18). The van der Waals surface area contributed by atoms with Crippen LogP contribution in [0.25, 0.3) is 5.70 Å². The molecule has 0 unspecified atom stereocenters. The molecule has 1 aromatic heterocycles. The average Bonchev–Trinajstić information content (AvgIpc) is 2.84. The summed E-state index contributed by atoms with van der Waals surface area (Å²) in [7, 11) is 0. The number of imidazole rings is 1. The monoisotopic (exact) mass is 268 g/mol. The Morgan fingerprint density at radius 3 is 2.90 bits per heavy atom. The van der Waals surface area contributed by atoms with E-state index in [9.17, 15) is 0 Å². The van der Waals surface area contributed by atoms with E-state index < -0.39 is 0 Å². The van der Waals surface area contributed by atoms with Crippen LogP contribution in [0.3, 0.4) is 0 Å². The molecule has 102 valence electrons. The number of hydrazone groups is 1. The molecule has 20 heavy (non-hydrogen) atoms. The van der Waals surface area contributed by atoms with Gasteiger partial charge in [0.05, 0.1) is 24.2 Å². The van der Waals surface area contributed by atoms with Gasteiger partial charge in [0.25, 0.3) is 0 Å². The van der Waals surface area contributed by atoms with Crippen molar-refractivity contribution in [2.45, 2.75) is 13.5 Å². The molecule has 0 bridgehead atoms. The highest BCUT2D eigenvalue weighted by molar-refractivity contribution is 5.87. The topological polar surface area (TPSA) is 53.5 Å². The lowest BCUT2D eigenvalue weighted by molar-refractivity contribution is 0.0495. The summed E-state index contributed by atoms with van der Waals surface area (Å²) in [4.78, 5) is 7.55. The summed E-state index contributed by atoms with van der Waals surface area (Å²) in [5.74, 6) is 0.856. The predicted molar refractivity (Wildman–Crippen MR) is 77.9 cm³/mol. The number of aromatic amines is 1. The summed E-state index contributed by atoms with van der Waals surface area (Å²) >= 11 is 0. The first kappa shape index (κ1) is 12.6. The minimum atomic E-state index is 0.357. The van der Waals surface area contributed by atoms with Gasteiger partial charge in [0.15, 0.2) is 0 Å². The number of hydrogen-bond acceptors (Lipinski definition) is 4. The van der Waals surface area contributed by atoms with Crippen LogP contribution < -0.4 is 0 Å². The fraction of sp³-hybridized carbons (Fsp3) is 0.200. The van der Waals surface area contributed by atoms with E-state index in [4.69, 9.17) is 4.74 Å². The second kappa shape index (κ2) is 5.30. The van der Waals surface area contributed by atoms with Crippen LogP contribution in [-0.2, 0) is 11.3 Å². The third kappa shape index (κ3) is 2.48.